The van der Waals surface area contributed by atoms with Gasteiger partial charge in [0.2, 0.25) is 0 Å². The van der Waals surface area contributed by atoms with E-state index in [9.17, 15) is 5.26 Å². The van der Waals surface area contributed by atoms with Gasteiger partial charge in [-0.25, -0.2) is 0 Å². The van der Waals surface area contributed by atoms with Crippen LogP contribution in [0.1, 0.15) is 17.0 Å². The van der Waals surface area contributed by atoms with Gasteiger partial charge >= 0.3 is 0 Å². The molecular weight excluding hydrogens is 609 g/mol. The second kappa shape index (κ2) is 10.3. The van der Waals surface area contributed by atoms with Crippen molar-refractivity contribution >= 4 is 74.4 Å². The molecule has 47 heavy (non-hydrogen) atoms. The molecule has 2 atom stereocenters. The number of hydrogen-bond acceptors (Lipinski definition) is 4. The van der Waals surface area contributed by atoms with Gasteiger partial charge in [-0.05, 0) is 70.8 Å². The highest BCUT2D eigenvalue weighted by Gasteiger charge is 2.38. The minimum Gasteiger partial charge on any atom is -0.333 e. The van der Waals surface area contributed by atoms with Crippen LogP contribution in [-0.2, 0) is 0 Å². The van der Waals surface area contributed by atoms with E-state index in [1.54, 1.807) is 0 Å². The number of thiophene rings is 2. The first-order chi connectivity index (χ1) is 23.3. The van der Waals surface area contributed by atoms with E-state index in [0.717, 1.165) is 16.8 Å². The third-order valence-corrected chi connectivity index (χ3v) is 12.2. The molecule has 0 saturated heterocycles. The van der Waals surface area contributed by atoms with Gasteiger partial charge in [-0.1, -0.05) is 97.1 Å². The molecule has 0 saturated carbocycles. The standard InChI is InChI=1S/C43H26N2S2/c44-25-29-11-8-16-37(45-35-14-6-4-12-30(35)31-13-5-7-15-36(31)45)41(29)28-18-21-39-34(24-28)42-40(46-39)22-19-32-33-23-27(26-9-2-1-3-10-26)17-20-38(33)47-43(32)42/h1-24,30,35H. The number of nitrogens with zero attached hydrogens (tertiary/aromatic N) is 2. The van der Waals surface area contributed by atoms with Crippen molar-refractivity contribution < 1.29 is 0 Å². The van der Waals surface area contributed by atoms with Gasteiger partial charge in [-0.3, -0.25) is 0 Å². The summed E-state index contributed by atoms with van der Waals surface area (Å²) in [5, 5.41) is 15.6. The van der Waals surface area contributed by atoms with Crippen molar-refractivity contribution in [1.29, 1.82) is 5.26 Å². The van der Waals surface area contributed by atoms with Crippen molar-refractivity contribution in [2.24, 2.45) is 0 Å². The Morgan fingerprint density at radius 3 is 2.21 bits per heavy atom. The molecule has 6 aromatic carbocycles. The molecule has 2 aliphatic rings. The van der Waals surface area contributed by atoms with Crippen LogP contribution in [0.15, 0.2) is 146 Å². The average Bonchev–Trinajstić information content (AvgIpc) is 3.80. The zero-order valence-electron chi connectivity index (χ0n) is 25.2. The summed E-state index contributed by atoms with van der Waals surface area (Å²) in [6.07, 6.45) is 8.90. The summed E-state index contributed by atoms with van der Waals surface area (Å²) < 4.78 is 5.19. The van der Waals surface area contributed by atoms with E-state index in [-0.39, 0.29) is 12.0 Å². The smallest absolute Gasteiger partial charge is 0.0998 e. The molecule has 4 heteroatoms. The summed E-state index contributed by atoms with van der Waals surface area (Å²) in [5.41, 5.74) is 8.84. The monoisotopic (exact) mass is 634 g/mol. The summed E-state index contributed by atoms with van der Waals surface area (Å²) in [6.45, 7) is 0. The molecule has 0 N–H and O–H groups in total. The normalized spacial score (nSPS) is 16.7. The molecule has 8 aromatic rings. The lowest BCUT2D eigenvalue weighted by Crippen LogP contribution is -2.29. The molecule has 0 radical (unpaired) electrons. The van der Waals surface area contributed by atoms with Crippen LogP contribution in [0, 0.1) is 11.3 Å². The Balaban J connectivity index is 1.19. The third kappa shape index (κ3) is 3.94. The van der Waals surface area contributed by atoms with Crippen molar-refractivity contribution in [2.75, 3.05) is 4.90 Å². The molecular formula is C43H26N2S2. The summed E-state index contributed by atoms with van der Waals surface area (Å²) in [4.78, 5) is 2.45. The van der Waals surface area contributed by atoms with Gasteiger partial charge in [0, 0.05) is 57.5 Å². The molecule has 0 bridgehead atoms. The third-order valence-electron chi connectivity index (χ3n) is 9.85. The fourth-order valence-electron chi connectivity index (χ4n) is 7.77. The van der Waals surface area contributed by atoms with E-state index >= 15 is 0 Å². The topological polar surface area (TPSA) is 27.0 Å². The van der Waals surface area contributed by atoms with E-state index in [1.807, 2.05) is 34.8 Å². The van der Waals surface area contributed by atoms with Crippen LogP contribution >= 0.6 is 22.7 Å². The van der Waals surface area contributed by atoms with E-state index in [0.29, 0.717) is 5.56 Å². The van der Waals surface area contributed by atoms with Crippen LogP contribution < -0.4 is 4.90 Å². The molecule has 2 aromatic heterocycles. The van der Waals surface area contributed by atoms with Gasteiger partial charge in [-0.2, -0.15) is 5.26 Å². The van der Waals surface area contributed by atoms with Crippen LogP contribution in [0.25, 0.3) is 62.6 Å². The number of hydrogen-bond donors (Lipinski definition) is 0. The maximum Gasteiger partial charge on any atom is 0.0998 e. The van der Waals surface area contributed by atoms with Crippen molar-refractivity contribution in [3.05, 3.63) is 157 Å². The summed E-state index contributed by atoms with van der Waals surface area (Å²) in [5.74, 6) is 0.279. The van der Waals surface area contributed by atoms with Crippen molar-refractivity contribution in [3.63, 3.8) is 0 Å². The molecule has 10 rings (SSSR count). The van der Waals surface area contributed by atoms with Crippen molar-refractivity contribution in [3.8, 4) is 28.3 Å². The highest BCUT2D eigenvalue weighted by Crippen LogP contribution is 2.51. The maximum atomic E-state index is 10.5. The Bertz CT molecular complexity index is 2670. The molecule has 0 fully saturated rings. The van der Waals surface area contributed by atoms with Gasteiger partial charge in [0.1, 0.15) is 0 Å². The summed E-state index contributed by atoms with van der Waals surface area (Å²) in [6, 6.07) is 46.5. The van der Waals surface area contributed by atoms with Crippen LogP contribution in [0.4, 0.5) is 11.4 Å². The largest absolute Gasteiger partial charge is 0.333 e. The van der Waals surface area contributed by atoms with Crippen LogP contribution in [0.3, 0.4) is 0 Å². The highest BCUT2D eigenvalue weighted by molar-refractivity contribution is 7.29. The molecule has 1 aliphatic heterocycles. The van der Waals surface area contributed by atoms with Crippen molar-refractivity contribution in [1.82, 2.24) is 0 Å². The Hall–Kier alpha value is -5.47. The van der Waals surface area contributed by atoms with Crippen molar-refractivity contribution in [2.45, 2.75) is 12.0 Å². The van der Waals surface area contributed by atoms with Gasteiger partial charge in [0.15, 0.2) is 0 Å². The lowest BCUT2D eigenvalue weighted by Gasteiger charge is -2.31. The molecule has 2 unspecified atom stereocenters. The molecule has 2 nitrogen and oxygen atoms in total. The SMILES string of the molecule is N#Cc1cccc(N2c3ccccc3C3C=CC=CC32)c1-c1ccc2sc3ccc4c5cc(-c6ccccc6)ccc5sc4c3c2c1. The summed E-state index contributed by atoms with van der Waals surface area (Å²) >= 11 is 3.73. The Kier molecular flexibility index (Phi) is 5.84. The number of rotatable bonds is 3. The number of allylic oxidation sites excluding steroid dienone is 2. The van der Waals surface area contributed by atoms with Gasteiger partial charge in [0.25, 0.3) is 0 Å². The zero-order valence-corrected chi connectivity index (χ0v) is 26.9. The van der Waals surface area contributed by atoms with Crippen LogP contribution in [-0.4, -0.2) is 6.04 Å². The second-order valence-electron chi connectivity index (χ2n) is 12.3. The van der Waals surface area contributed by atoms with Gasteiger partial charge < -0.3 is 4.90 Å². The fourth-order valence-corrected chi connectivity index (χ4v) is 10.2. The van der Waals surface area contributed by atoms with E-state index in [2.05, 4.69) is 144 Å². The first-order valence-corrected chi connectivity index (χ1v) is 17.5. The van der Waals surface area contributed by atoms with Gasteiger partial charge in [-0.15, -0.1) is 22.7 Å². The first-order valence-electron chi connectivity index (χ1n) is 15.9. The highest BCUT2D eigenvalue weighted by atomic mass is 32.1. The van der Waals surface area contributed by atoms with Gasteiger partial charge in [0.05, 0.1) is 23.4 Å². The number of fused-ring (bicyclic) bond motifs is 10. The molecule has 220 valence electrons. The minimum absolute atomic E-state index is 0.162. The first kappa shape index (κ1) is 26.7. The number of benzene rings is 6. The second-order valence-corrected chi connectivity index (χ2v) is 14.5. The maximum absolute atomic E-state index is 10.5. The molecule has 0 amide bonds. The lowest BCUT2D eigenvalue weighted by molar-refractivity contribution is 0.745. The Morgan fingerprint density at radius 1 is 0.574 bits per heavy atom. The number of nitriles is 1. The quantitative estimate of drug-likeness (QED) is 0.193. The van der Waals surface area contributed by atoms with E-state index in [1.165, 1.54) is 62.7 Å². The minimum atomic E-state index is 0.162. The Morgan fingerprint density at radius 2 is 1.32 bits per heavy atom. The average molecular weight is 635 g/mol. The predicted molar refractivity (Wildman–Crippen MR) is 201 cm³/mol. The molecule has 3 heterocycles. The number of anilines is 2. The summed E-state index contributed by atoms with van der Waals surface area (Å²) in [7, 11) is 0. The van der Waals surface area contributed by atoms with Crippen LogP contribution in [0.5, 0.6) is 0 Å². The number of para-hydroxylation sites is 1. The van der Waals surface area contributed by atoms with E-state index in [4.69, 9.17) is 0 Å². The molecule has 1 aliphatic carbocycles. The zero-order chi connectivity index (χ0) is 31.1. The predicted octanol–water partition coefficient (Wildman–Crippen LogP) is 12.4. The van der Waals surface area contributed by atoms with Crippen LogP contribution in [0.2, 0.25) is 0 Å². The Labute approximate surface area is 280 Å². The lowest BCUT2D eigenvalue weighted by atomic mass is 9.91. The molecule has 0 spiro atoms. The van der Waals surface area contributed by atoms with E-state index < -0.39 is 0 Å². The fraction of sp³-hybridized carbons (Fsp3) is 0.0465.